The number of carbonyl (C=O) groups excluding carboxylic acids is 1. The minimum Gasteiger partial charge on any atom is -0.488 e. The number of oxime groups is 1. The molecule has 0 bridgehead atoms. The highest BCUT2D eigenvalue weighted by molar-refractivity contribution is 6.30. The zero-order valence-electron chi connectivity index (χ0n) is 14.1. The molecule has 1 heterocycles. The minimum absolute atomic E-state index is 0.135. The molecule has 0 aliphatic carbocycles. The van der Waals surface area contributed by atoms with Crippen LogP contribution in [0.1, 0.15) is 31.4 Å². The van der Waals surface area contributed by atoms with E-state index in [1.807, 2.05) is 18.2 Å². The van der Waals surface area contributed by atoms with Gasteiger partial charge < -0.3 is 4.74 Å². The molecule has 1 N–H and O–H groups in total. The average Bonchev–Trinajstić information content (AvgIpc) is 2.54. The van der Waals surface area contributed by atoms with E-state index in [0.29, 0.717) is 10.7 Å². The van der Waals surface area contributed by atoms with Crippen molar-refractivity contribution in [2.45, 2.75) is 32.3 Å². The maximum absolute atomic E-state index is 11.7. The molecule has 0 fully saturated rings. The van der Waals surface area contributed by atoms with Crippen molar-refractivity contribution in [3.63, 3.8) is 0 Å². The molecule has 1 aliphatic rings. The number of ether oxygens (including phenoxy) is 1. The molecule has 0 saturated heterocycles. The second-order valence-corrected chi connectivity index (χ2v) is 6.91. The summed E-state index contributed by atoms with van der Waals surface area (Å²) in [6.45, 7) is 4.16. The number of aryl methyl sites for hydroxylation is 1. The number of hydrogen-bond acceptors (Lipinski definition) is 4. The van der Waals surface area contributed by atoms with Gasteiger partial charge >= 0.3 is 6.09 Å². The van der Waals surface area contributed by atoms with E-state index in [4.69, 9.17) is 21.2 Å². The van der Waals surface area contributed by atoms with Crippen molar-refractivity contribution in [3.05, 3.63) is 58.6 Å². The lowest BCUT2D eigenvalue weighted by molar-refractivity contribution is 0.0847. The second-order valence-electron chi connectivity index (χ2n) is 6.48. The van der Waals surface area contributed by atoms with Gasteiger partial charge in [0.25, 0.3) is 0 Å². The third kappa shape index (κ3) is 4.73. The van der Waals surface area contributed by atoms with Crippen molar-refractivity contribution >= 4 is 29.6 Å². The molecule has 1 amide bonds. The van der Waals surface area contributed by atoms with Crippen LogP contribution in [0.5, 0.6) is 5.75 Å². The van der Waals surface area contributed by atoms with Gasteiger partial charge in [-0.3, -0.25) is 10.2 Å². The van der Waals surface area contributed by atoms with Crippen molar-refractivity contribution in [3.8, 4) is 5.75 Å². The van der Waals surface area contributed by atoms with E-state index < -0.39 is 6.09 Å². The predicted molar refractivity (Wildman–Crippen MR) is 98.6 cm³/mol. The standard InChI is InChI=1S/C19H19ClN2O3/c1-19(2)9-8-14-10-13(6-7-17(14)24-19)12-21-25-18(23)22-16-5-3-4-15(20)11-16/h3-7,10-12H,8-9H2,1-2H3,(H,22,23). The number of nitrogens with one attached hydrogen (secondary N) is 1. The number of fused-ring (bicyclic) bond motifs is 1. The van der Waals surface area contributed by atoms with E-state index in [2.05, 4.69) is 24.3 Å². The Morgan fingerprint density at radius 1 is 1.32 bits per heavy atom. The lowest BCUT2D eigenvalue weighted by Gasteiger charge is -2.32. The molecular formula is C19H19ClN2O3. The highest BCUT2D eigenvalue weighted by Gasteiger charge is 2.26. The first-order valence-corrected chi connectivity index (χ1v) is 8.38. The molecule has 6 heteroatoms. The summed E-state index contributed by atoms with van der Waals surface area (Å²) in [5.41, 5.74) is 2.38. The SMILES string of the molecule is CC1(C)CCc2cc(C=NOC(=O)Nc3cccc(Cl)c3)ccc2O1. The van der Waals surface area contributed by atoms with E-state index in [9.17, 15) is 4.79 Å². The van der Waals surface area contributed by atoms with Crippen LogP contribution in [-0.2, 0) is 11.3 Å². The van der Waals surface area contributed by atoms with Gasteiger partial charge in [0.05, 0.1) is 6.21 Å². The van der Waals surface area contributed by atoms with Gasteiger partial charge in [-0.25, -0.2) is 4.79 Å². The van der Waals surface area contributed by atoms with Crippen LogP contribution < -0.4 is 10.1 Å². The molecule has 2 aromatic rings. The fourth-order valence-corrected chi connectivity index (χ4v) is 2.79. The van der Waals surface area contributed by atoms with Crippen LogP contribution >= 0.6 is 11.6 Å². The van der Waals surface area contributed by atoms with Crippen molar-refractivity contribution in [1.82, 2.24) is 0 Å². The molecule has 0 spiro atoms. The third-order valence-electron chi connectivity index (χ3n) is 3.88. The molecule has 0 radical (unpaired) electrons. The fourth-order valence-electron chi connectivity index (χ4n) is 2.60. The Labute approximate surface area is 151 Å². The number of amides is 1. The molecule has 25 heavy (non-hydrogen) atoms. The fraction of sp³-hybridized carbons (Fsp3) is 0.263. The summed E-state index contributed by atoms with van der Waals surface area (Å²) < 4.78 is 5.94. The first-order chi connectivity index (χ1) is 11.9. The molecule has 2 aromatic carbocycles. The zero-order valence-corrected chi connectivity index (χ0v) is 14.8. The smallest absolute Gasteiger partial charge is 0.437 e. The molecule has 1 aliphatic heterocycles. The van der Waals surface area contributed by atoms with Gasteiger partial charge in [0.2, 0.25) is 0 Å². The van der Waals surface area contributed by atoms with Crippen LogP contribution in [0.25, 0.3) is 0 Å². The number of anilines is 1. The lowest BCUT2D eigenvalue weighted by atomic mass is 9.93. The number of benzene rings is 2. The summed E-state index contributed by atoms with van der Waals surface area (Å²) in [6.07, 6.45) is 2.72. The van der Waals surface area contributed by atoms with E-state index in [-0.39, 0.29) is 5.60 Å². The molecule has 5 nitrogen and oxygen atoms in total. The van der Waals surface area contributed by atoms with Gasteiger partial charge in [-0.05, 0) is 74.2 Å². The van der Waals surface area contributed by atoms with Gasteiger partial charge in [0, 0.05) is 10.7 Å². The van der Waals surface area contributed by atoms with Gasteiger partial charge in [-0.15, -0.1) is 0 Å². The second kappa shape index (κ2) is 7.15. The van der Waals surface area contributed by atoms with E-state index >= 15 is 0 Å². The third-order valence-corrected chi connectivity index (χ3v) is 4.11. The van der Waals surface area contributed by atoms with Crippen LogP contribution in [0.4, 0.5) is 10.5 Å². The Hall–Kier alpha value is -2.53. The van der Waals surface area contributed by atoms with Crippen molar-refractivity contribution in [2.24, 2.45) is 5.16 Å². The summed E-state index contributed by atoms with van der Waals surface area (Å²) in [4.78, 5) is 16.5. The summed E-state index contributed by atoms with van der Waals surface area (Å²) in [6, 6.07) is 12.6. The Balaban J connectivity index is 1.58. The first kappa shape index (κ1) is 17.3. The first-order valence-electron chi connectivity index (χ1n) is 8.00. The minimum atomic E-state index is -0.679. The Morgan fingerprint density at radius 3 is 2.96 bits per heavy atom. The highest BCUT2D eigenvalue weighted by Crippen LogP contribution is 2.33. The van der Waals surface area contributed by atoms with Gasteiger partial charge in [-0.2, -0.15) is 0 Å². The van der Waals surface area contributed by atoms with Crippen LogP contribution in [0, 0.1) is 0 Å². The lowest BCUT2D eigenvalue weighted by Crippen LogP contribution is -2.32. The van der Waals surface area contributed by atoms with Crippen LogP contribution in [-0.4, -0.2) is 17.9 Å². The van der Waals surface area contributed by atoms with Crippen molar-refractivity contribution in [1.29, 1.82) is 0 Å². The van der Waals surface area contributed by atoms with Crippen LogP contribution in [0.15, 0.2) is 47.6 Å². The monoisotopic (exact) mass is 358 g/mol. The van der Waals surface area contributed by atoms with E-state index in [0.717, 1.165) is 29.7 Å². The number of carbonyl (C=O) groups is 1. The Bertz CT molecular complexity index is 818. The van der Waals surface area contributed by atoms with E-state index in [1.54, 1.807) is 24.3 Å². The van der Waals surface area contributed by atoms with Crippen molar-refractivity contribution < 1.29 is 14.4 Å². The van der Waals surface area contributed by atoms with Gasteiger partial charge in [-0.1, -0.05) is 22.8 Å². The quantitative estimate of drug-likeness (QED) is 0.475. The normalized spacial score (nSPS) is 15.3. The zero-order chi connectivity index (χ0) is 17.9. The molecule has 0 aromatic heterocycles. The predicted octanol–water partition coefficient (Wildman–Crippen LogP) is 5.03. The summed E-state index contributed by atoms with van der Waals surface area (Å²) in [5.74, 6) is 0.896. The molecule has 0 atom stereocenters. The molecular weight excluding hydrogens is 340 g/mol. The van der Waals surface area contributed by atoms with E-state index in [1.165, 1.54) is 6.21 Å². The topological polar surface area (TPSA) is 59.9 Å². The maximum atomic E-state index is 11.7. The number of nitrogens with zero attached hydrogens (tertiary/aromatic N) is 1. The summed E-state index contributed by atoms with van der Waals surface area (Å²) in [5, 5.41) is 6.80. The Kier molecular flexibility index (Phi) is 4.95. The maximum Gasteiger partial charge on any atom is 0.437 e. The largest absolute Gasteiger partial charge is 0.488 e. The summed E-state index contributed by atoms with van der Waals surface area (Å²) >= 11 is 5.86. The molecule has 130 valence electrons. The number of rotatable bonds is 3. The average molecular weight is 359 g/mol. The molecule has 0 saturated carbocycles. The van der Waals surface area contributed by atoms with Gasteiger partial charge in [0.15, 0.2) is 0 Å². The summed E-state index contributed by atoms with van der Waals surface area (Å²) in [7, 11) is 0. The molecule has 3 rings (SSSR count). The van der Waals surface area contributed by atoms with Crippen LogP contribution in [0.3, 0.4) is 0 Å². The van der Waals surface area contributed by atoms with Gasteiger partial charge in [0.1, 0.15) is 11.4 Å². The number of hydrogen-bond donors (Lipinski definition) is 1. The Morgan fingerprint density at radius 2 is 2.16 bits per heavy atom. The highest BCUT2D eigenvalue weighted by atomic mass is 35.5. The molecule has 0 unspecified atom stereocenters. The van der Waals surface area contributed by atoms with Crippen LogP contribution in [0.2, 0.25) is 5.02 Å². The van der Waals surface area contributed by atoms with Crippen molar-refractivity contribution in [2.75, 3.05) is 5.32 Å². The number of halogens is 1.